The predicted molar refractivity (Wildman–Crippen MR) is 77.5 cm³/mol. The second-order valence-corrected chi connectivity index (χ2v) is 4.56. The monoisotopic (exact) mass is 266 g/mol. The van der Waals surface area contributed by atoms with Crippen LogP contribution < -0.4 is 10.1 Å². The number of pyridine rings is 1. The largest absolute Gasteiger partial charge is 0.495 e. The Bertz CT molecular complexity index is 370. The van der Waals surface area contributed by atoms with Crippen LogP contribution in [0.4, 0.5) is 0 Å². The smallest absolute Gasteiger partial charge is 0.142 e. The summed E-state index contributed by atoms with van der Waals surface area (Å²) in [7, 11) is 3.45. The highest BCUT2D eigenvalue weighted by Crippen LogP contribution is 2.37. The minimum absolute atomic E-state index is 0.0219. The highest BCUT2D eigenvalue weighted by molar-refractivity contribution is 5.31. The molecule has 0 amide bonds. The van der Waals surface area contributed by atoms with Crippen LogP contribution in [0.3, 0.4) is 0 Å². The second kappa shape index (κ2) is 7.46. The van der Waals surface area contributed by atoms with Crippen molar-refractivity contribution in [2.24, 2.45) is 0 Å². The van der Waals surface area contributed by atoms with Gasteiger partial charge >= 0.3 is 0 Å². The summed E-state index contributed by atoms with van der Waals surface area (Å²) in [4.78, 5) is 4.51. The molecule has 0 aliphatic rings. The van der Waals surface area contributed by atoms with E-state index in [2.05, 4.69) is 31.1 Å². The third-order valence-corrected chi connectivity index (χ3v) is 3.83. The summed E-state index contributed by atoms with van der Waals surface area (Å²) in [5, 5.41) is 3.50. The van der Waals surface area contributed by atoms with Gasteiger partial charge in [0, 0.05) is 13.3 Å². The van der Waals surface area contributed by atoms with Crippen LogP contribution in [0, 0.1) is 0 Å². The van der Waals surface area contributed by atoms with E-state index in [9.17, 15) is 0 Å². The zero-order valence-corrected chi connectivity index (χ0v) is 12.7. The molecule has 1 rings (SSSR count). The van der Waals surface area contributed by atoms with Gasteiger partial charge in [0.25, 0.3) is 0 Å². The first-order chi connectivity index (χ1) is 9.18. The van der Waals surface area contributed by atoms with Crippen molar-refractivity contribution in [2.45, 2.75) is 45.3 Å². The molecule has 1 atom stereocenters. The van der Waals surface area contributed by atoms with Crippen LogP contribution in [-0.4, -0.2) is 31.3 Å². The maximum absolute atomic E-state index is 5.85. The van der Waals surface area contributed by atoms with Gasteiger partial charge < -0.3 is 14.8 Å². The van der Waals surface area contributed by atoms with E-state index in [4.69, 9.17) is 9.47 Å². The van der Waals surface area contributed by atoms with Gasteiger partial charge in [0.1, 0.15) is 11.4 Å². The lowest BCUT2D eigenvalue weighted by Gasteiger charge is -2.38. The predicted octanol–water partition coefficient (Wildman–Crippen LogP) is 2.95. The molecular formula is C15H26N2O2. The number of hydrogen-bond donors (Lipinski definition) is 1. The quantitative estimate of drug-likeness (QED) is 0.785. The van der Waals surface area contributed by atoms with Gasteiger partial charge in [-0.25, -0.2) is 0 Å². The van der Waals surface area contributed by atoms with E-state index < -0.39 is 0 Å². The molecule has 108 valence electrons. The molecule has 1 unspecified atom stereocenters. The lowest BCUT2D eigenvalue weighted by atomic mass is 9.85. The molecule has 0 aromatic carbocycles. The number of ether oxygens (including phenoxy) is 2. The first-order valence-corrected chi connectivity index (χ1v) is 6.96. The molecule has 19 heavy (non-hydrogen) atoms. The van der Waals surface area contributed by atoms with E-state index >= 15 is 0 Å². The molecule has 0 aliphatic heterocycles. The van der Waals surface area contributed by atoms with Gasteiger partial charge in [0.05, 0.1) is 18.8 Å². The fourth-order valence-electron chi connectivity index (χ4n) is 2.59. The third kappa shape index (κ3) is 3.25. The van der Waals surface area contributed by atoms with E-state index in [-0.39, 0.29) is 11.6 Å². The maximum atomic E-state index is 5.85. The Morgan fingerprint density at radius 3 is 2.42 bits per heavy atom. The fourth-order valence-corrected chi connectivity index (χ4v) is 2.59. The number of likely N-dealkylation sites (N-methyl/N-ethyl adjacent to an activating group) is 1. The molecule has 4 nitrogen and oxygen atoms in total. The molecule has 1 aromatic heterocycles. The lowest BCUT2D eigenvalue weighted by Crippen LogP contribution is -2.45. The molecule has 0 spiro atoms. The normalized spacial score (nSPS) is 13.3. The van der Waals surface area contributed by atoms with Crippen LogP contribution >= 0.6 is 0 Å². The van der Waals surface area contributed by atoms with Gasteiger partial charge in [-0.2, -0.15) is 0 Å². The van der Waals surface area contributed by atoms with E-state index in [0.717, 1.165) is 30.8 Å². The zero-order valence-electron chi connectivity index (χ0n) is 12.7. The maximum Gasteiger partial charge on any atom is 0.142 e. The summed E-state index contributed by atoms with van der Waals surface area (Å²) in [6.45, 7) is 7.24. The number of hydrogen-bond acceptors (Lipinski definition) is 4. The van der Waals surface area contributed by atoms with E-state index in [1.165, 1.54) is 0 Å². The summed E-state index contributed by atoms with van der Waals surface area (Å²) in [5.74, 6) is 0.803. The van der Waals surface area contributed by atoms with Crippen LogP contribution in [0.1, 0.15) is 45.3 Å². The Kier molecular flexibility index (Phi) is 6.25. The molecule has 0 saturated heterocycles. The second-order valence-electron chi connectivity index (χ2n) is 4.56. The Labute approximate surface area is 116 Å². The molecular weight excluding hydrogens is 240 g/mol. The zero-order chi connectivity index (χ0) is 14.3. The van der Waals surface area contributed by atoms with Crippen LogP contribution in [-0.2, 0) is 4.74 Å². The number of nitrogens with one attached hydrogen (secondary N) is 1. The third-order valence-electron chi connectivity index (χ3n) is 3.83. The van der Waals surface area contributed by atoms with Gasteiger partial charge in [-0.1, -0.05) is 20.8 Å². The average molecular weight is 266 g/mol. The first-order valence-electron chi connectivity index (χ1n) is 6.96. The minimum Gasteiger partial charge on any atom is -0.495 e. The van der Waals surface area contributed by atoms with Crippen LogP contribution in [0.2, 0.25) is 0 Å². The molecule has 0 radical (unpaired) electrons. The van der Waals surface area contributed by atoms with Gasteiger partial charge in [0.2, 0.25) is 0 Å². The number of aromatic nitrogens is 1. The molecule has 0 bridgehead atoms. The highest BCUT2D eigenvalue weighted by Gasteiger charge is 2.38. The first kappa shape index (κ1) is 15.9. The molecule has 0 aliphatic carbocycles. The Balaban J connectivity index is 3.25. The molecule has 0 fully saturated rings. The summed E-state index contributed by atoms with van der Waals surface area (Å²) in [6, 6.07) is 3.85. The van der Waals surface area contributed by atoms with Crippen molar-refractivity contribution in [3.63, 3.8) is 0 Å². The van der Waals surface area contributed by atoms with Crippen LogP contribution in [0.5, 0.6) is 5.75 Å². The van der Waals surface area contributed by atoms with E-state index in [1.54, 1.807) is 20.4 Å². The van der Waals surface area contributed by atoms with Crippen molar-refractivity contribution in [1.82, 2.24) is 10.3 Å². The van der Waals surface area contributed by atoms with Crippen molar-refractivity contribution in [1.29, 1.82) is 0 Å². The minimum atomic E-state index is -0.266. The fraction of sp³-hybridized carbons (Fsp3) is 0.667. The lowest BCUT2D eigenvalue weighted by molar-refractivity contribution is -0.0497. The molecule has 4 heteroatoms. The van der Waals surface area contributed by atoms with Gasteiger partial charge in [0.15, 0.2) is 0 Å². The molecule has 1 heterocycles. The summed E-state index contributed by atoms with van der Waals surface area (Å²) in [6.07, 6.45) is 3.63. The van der Waals surface area contributed by atoms with Gasteiger partial charge in [-0.15, -0.1) is 0 Å². The van der Waals surface area contributed by atoms with Crippen molar-refractivity contribution in [3.8, 4) is 5.75 Å². The molecule has 1 aromatic rings. The van der Waals surface area contributed by atoms with Gasteiger partial charge in [-0.05, 0) is 31.5 Å². The molecule has 1 N–H and O–H groups in total. The van der Waals surface area contributed by atoms with Gasteiger partial charge in [-0.3, -0.25) is 4.98 Å². The number of rotatable bonds is 8. The number of methoxy groups -OCH3 is 2. The van der Waals surface area contributed by atoms with Crippen molar-refractivity contribution >= 4 is 0 Å². The SMILES string of the molecule is CCNC(c1ncccc1OC)C(CC)(CC)OC. The standard InChI is InChI=1S/C15H26N2O2/c1-6-15(7-2,19-5)14(16-8-3)13-12(18-4)10-9-11-17-13/h9-11,14,16H,6-8H2,1-5H3. The Hall–Kier alpha value is -1.13. The average Bonchev–Trinajstić information content (AvgIpc) is 2.48. The van der Waals surface area contributed by atoms with E-state index in [1.807, 2.05) is 12.1 Å². The number of nitrogens with zero attached hydrogens (tertiary/aromatic N) is 1. The Morgan fingerprint density at radius 1 is 1.26 bits per heavy atom. The van der Waals surface area contributed by atoms with Crippen LogP contribution in [0.15, 0.2) is 18.3 Å². The topological polar surface area (TPSA) is 43.4 Å². The molecule has 0 saturated carbocycles. The Morgan fingerprint density at radius 2 is 1.95 bits per heavy atom. The summed E-state index contributed by atoms with van der Waals surface area (Å²) < 4.78 is 11.3. The van der Waals surface area contributed by atoms with Crippen molar-refractivity contribution in [2.75, 3.05) is 20.8 Å². The van der Waals surface area contributed by atoms with Crippen molar-refractivity contribution < 1.29 is 9.47 Å². The summed E-state index contributed by atoms with van der Waals surface area (Å²) in [5.41, 5.74) is 0.648. The van der Waals surface area contributed by atoms with Crippen molar-refractivity contribution in [3.05, 3.63) is 24.0 Å². The van der Waals surface area contributed by atoms with Crippen LogP contribution in [0.25, 0.3) is 0 Å². The van der Waals surface area contributed by atoms with E-state index in [0.29, 0.717) is 0 Å². The highest BCUT2D eigenvalue weighted by atomic mass is 16.5. The summed E-state index contributed by atoms with van der Waals surface area (Å²) >= 11 is 0.